The minimum absolute atomic E-state index is 0.243. The van der Waals surface area contributed by atoms with Crippen LogP contribution in [0.3, 0.4) is 0 Å². The van der Waals surface area contributed by atoms with Gasteiger partial charge in [-0.2, -0.15) is 0 Å². The van der Waals surface area contributed by atoms with E-state index >= 15 is 0 Å². The molecule has 1 aliphatic rings. The Balaban J connectivity index is 1.96. The van der Waals surface area contributed by atoms with Crippen molar-refractivity contribution >= 4 is 0 Å². The lowest BCUT2D eigenvalue weighted by Crippen LogP contribution is -2.40. The van der Waals surface area contributed by atoms with Gasteiger partial charge in [-0.15, -0.1) is 0 Å². The molecule has 1 aliphatic heterocycles. The van der Waals surface area contributed by atoms with Crippen molar-refractivity contribution in [3.8, 4) is 5.75 Å². The predicted octanol–water partition coefficient (Wildman–Crippen LogP) is 2.85. The fraction of sp³-hybridized carbons (Fsp3) is 0.700. The summed E-state index contributed by atoms with van der Waals surface area (Å²) in [6.07, 6.45) is 1.93. The van der Waals surface area contributed by atoms with Gasteiger partial charge in [-0.05, 0) is 51.3 Å². The topological polar surface area (TPSA) is 51.2 Å². The van der Waals surface area contributed by atoms with Crippen molar-refractivity contribution in [3.05, 3.63) is 29.8 Å². The molecule has 25 heavy (non-hydrogen) atoms. The van der Waals surface area contributed by atoms with E-state index in [1.807, 2.05) is 39.0 Å². The van der Waals surface area contributed by atoms with Gasteiger partial charge >= 0.3 is 0 Å². The molecule has 0 amide bonds. The van der Waals surface area contributed by atoms with Crippen LogP contribution in [0.2, 0.25) is 0 Å². The normalized spacial score (nSPS) is 19.4. The van der Waals surface area contributed by atoms with Crippen molar-refractivity contribution in [3.63, 3.8) is 0 Å². The lowest BCUT2D eigenvalue weighted by atomic mass is 10.1. The molecule has 0 aliphatic carbocycles. The summed E-state index contributed by atoms with van der Waals surface area (Å²) >= 11 is 0. The molecule has 1 N–H and O–H groups in total. The maximum absolute atomic E-state index is 10.4. The summed E-state index contributed by atoms with van der Waals surface area (Å²) in [7, 11) is 1.68. The highest BCUT2D eigenvalue weighted by Crippen LogP contribution is 2.18. The molecule has 1 aromatic carbocycles. The Morgan fingerprint density at radius 2 is 2.16 bits per heavy atom. The van der Waals surface area contributed by atoms with E-state index in [0.29, 0.717) is 13.2 Å². The maximum atomic E-state index is 10.4. The first-order valence-electron chi connectivity index (χ1n) is 9.14. The summed E-state index contributed by atoms with van der Waals surface area (Å²) in [5, 5.41) is 10.4. The first-order valence-corrected chi connectivity index (χ1v) is 9.14. The summed E-state index contributed by atoms with van der Waals surface area (Å²) in [6.45, 7) is 9.32. The third-order valence-corrected chi connectivity index (χ3v) is 4.20. The standard InChI is InChI=1S/C20H33NO4/c1-20(2,3)25-15-17(22)13-21(14-19-9-6-10-24-19)12-16-7-5-8-18(11-16)23-4/h5,7-8,11,17,19,22H,6,9-10,12-15H2,1-4H3/t17-,19-/m1/s1. The molecule has 0 spiro atoms. The van der Waals surface area contributed by atoms with Crippen LogP contribution >= 0.6 is 0 Å². The van der Waals surface area contributed by atoms with Crippen LogP contribution in [0.1, 0.15) is 39.2 Å². The predicted molar refractivity (Wildman–Crippen MR) is 99.0 cm³/mol. The van der Waals surface area contributed by atoms with Crippen molar-refractivity contribution in [2.45, 2.75) is 58.0 Å². The molecular formula is C20H33NO4. The van der Waals surface area contributed by atoms with Gasteiger partial charge in [-0.25, -0.2) is 0 Å². The van der Waals surface area contributed by atoms with E-state index in [-0.39, 0.29) is 11.7 Å². The van der Waals surface area contributed by atoms with Gasteiger partial charge < -0.3 is 19.3 Å². The smallest absolute Gasteiger partial charge is 0.119 e. The van der Waals surface area contributed by atoms with E-state index in [4.69, 9.17) is 14.2 Å². The second-order valence-electron chi connectivity index (χ2n) is 7.76. The van der Waals surface area contributed by atoms with E-state index in [0.717, 1.165) is 38.3 Å². The van der Waals surface area contributed by atoms with Crippen LogP contribution in [0.15, 0.2) is 24.3 Å². The summed E-state index contributed by atoms with van der Waals surface area (Å²) in [4.78, 5) is 2.25. The lowest BCUT2D eigenvalue weighted by molar-refractivity contribution is -0.0594. The lowest BCUT2D eigenvalue weighted by Gasteiger charge is -2.29. The zero-order chi connectivity index (χ0) is 18.3. The fourth-order valence-electron chi connectivity index (χ4n) is 3.01. The fourth-order valence-corrected chi connectivity index (χ4v) is 3.01. The summed E-state index contributed by atoms with van der Waals surface area (Å²) in [5.41, 5.74) is 0.925. The highest BCUT2D eigenvalue weighted by Gasteiger charge is 2.22. The first kappa shape index (κ1) is 20.2. The molecule has 0 radical (unpaired) electrons. The van der Waals surface area contributed by atoms with Gasteiger partial charge in [-0.1, -0.05) is 12.1 Å². The van der Waals surface area contributed by atoms with E-state index in [1.54, 1.807) is 7.11 Å². The van der Waals surface area contributed by atoms with Crippen molar-refractivity contribution in [2.24, 2.45) is 0 Å². The highest BCUT2D eigenvalue weighted by atomic mass is 16.5. The molecule has 142 valence electrons. The minimum Gasteiger partial charge on any atom is -0.497 e. The average molecular weight is 351 g/mol. The van der Waals surface area contributed by atoms with Crippen LogP contribution < -0.4 is 4.74 Å². The van der Waals surface area contributed by atoms with Gasteiger partial charge in [0.15, 0.2) is 0 Å². The monoisotopic (exact) mass is 351 g/mol. The Morgan fingerprint density at radius 1 is 1.36 bits per heavy atom. The maximum Gasteiger partial charge on any atom is 0.119 e. The van der Waals surface area contributed by atoms with Gasteiger partial charge in [-0.3, -0.25) is 4.90 Å². The first-order chi connectivity index (χ1) is 11.9. The number of aliphatic hydroxyl groups is 1. The third kappa shape index (κ3) is 7.74. The zero-order valence-corrected chi connectivity index (χ0v) is 16.0. The van der Waals surface area contributed by atoms with Crippen molar-refractivity contribution in [1.82, 2.24) is 4.90 Å². The summed E-state index contributed by atoms with van der Waals surface area (Å²) in [6, 6.07) is 8.07. The number of methoxy groups -OCH3 is 1. The Kier molecular flexibility index (Phi) is 7.69. The summed E-state index contributed by atoms with van der Waals surface area (Å²) < 4.78 is 16.8. The molecule has 1 aromatic rings. The molecule has 1 fully saturated rings. The zero-order valence-electron chi connectivity index (χ0n) is 16.0. The van der Waals surface area contributed by atoms with Crippen molar-refractivity contribution in [1.29, 1.82) is 0 Å². The Bertz CT molecular complexity index is 509. The SMILES string of the molecule is COc1cccc(CN(C[C@@H](O)COC(C)(C)C)C[C@H]2CCCO2)c1. The molecule has 0 unspecified atom stereocenters. The van der Waals surface area contributed by atoms with E-state index in [9.17, 15) is 5.11 Å². The molecule has 0 saturated carbocycles. The number of hydrogen-bond donors (Lipinski definition) is 1. The largest absolute Gasteiger partial charge is 0.497 e. The number of benzene rings is 1. The van der Waals surface area contributed by atoms with Gasteiger partial charge in [0.05, 0.1) is 31.5 Å². The quantitative estimate of drug-likeness (QED) is 0.741. The van der Waals surface area contributed by atoms with Crippen molar-refractivity contribution < 1.29 is 19.3 Å². The molecule has 2 atom stereocenters. The highest BCUT2D eigenvalue weighted by molar-refractivity contribution is 5.28. The minimum atomic E-state index is -0.522. The van der Waals surface area contributed by atoms with E-state index < -0.39 is 6.10 Å². The number of aliphatic hydroxyl groups excluding tert-OH is 1. The van der Waals surface area contributed by atoms with Gasteiger partial charge in [0, 0.05) is 26.2 Å². The molecule has 1 heterocycles. The Hall–Kier alpha value is -1.14. The number of hydrogen-bond acceptors (Lipinski definition) is 5. The molecule has 5 heteroatoms. The van der Waals surface area contributed by atoms with Crippen LogP contribution in [0, 0.1) is 0 Å². The number of nitrogens with zero attached hydrogens (tertiary/aromatic N) is 1. The molecule has 0 aromatic heterocycles. The Morgan fingerprint density at radius 3 is 2.80 bits per heavy atom. The van der Waals surface area contributed by atoms with Gasteiger partial charge in [0.1, 0.15) is 5.75 Å². The number of rotatable bonds is 9. The van der Waals surface area contributed by atoms with Gasteiger partial charge in [0.25, 0.3) is 0 Å². The second kappa shape index (κ2) is 9.53. The molecular weight excluding hydrogens is 318 g/mol. The van der Waals surface area contributed by atoms with Crippen LogP contribution in [0.25, 0.3) is 0 Å². The second-order valence-corrected chi connectivity index (χ2v) is 7.76. The van der Waals surface area contributed by atoms with E-state index in [2.05, 4.69) is 11.0 Å². The molecule has 2 rings (SSSR count). The summed E-state index contributed by atoms with van der Waals surface area (Å²) in [5.74, 6) is 0.853. The molecule has 5 nitrogen and oxygen atoms in total. The Labute approximate surface area is 151 Å². The average Bonchev–Trinajstić information content (AvgIpc) is 3.05. The van der Waals surface area contributed by atoms with Crippen LogP contribution in [0.5, 0.6) is 5.75 Å². The molecule has 0 bridgehead atoms. The molecule has 1 saturated heterocycles. The van der Waals surface area contributed by atoms with Gasteiger partial charge in [0.2, 0.25) is 0 Å². The van der Waals surface area contributed by atoms with Crippen LogP contribution in [-0.4, -0.2) is 61.2 Å². The third-order valence-electron chi connectivity index (χ3n) is 4.20. The van der Waals surface area contributed by atoms with Crippen LogP contribution in [0.4, 0.5) is 0 Å². The van der Waals surface area contributed by atoms with Crippen LogP contribution in [-0.2, 0) is 16.0 Å². The van der Waals surface area contributed by atoms with E-state index in [1.165, 1.54) is 5.56 Å². The number of ether oxygens (including phenoxy) is 3. The van der Waals surface area contributed by atoms with Crippen molar-refractivity contribution in [2.75, 3.05) is 33.4 Å².